The fraction of sp³-hybridized carbons (Fsp3) is 0.867. The van der Waals surface area contributed by atoms with Crippen molar-refractivity contribution in [2.45, 2.75) is 49.4 Å². The zero-order valence-electron chi connectivity index (χ0n) is 13.0. The molecule has 8 heteroatoms. The summed E-state index contributed by atoms with van der Waals surface area (Å²) in [7, 11) is 1.60. The van der Waals surface area contributed by atoms with Crippen molar-refractivity contribution in [2.24, 2.45) is 17.8 Å². The molecule has 0 spiro atoms. The molecule has 3 aliphatic rings. The SMILES string of the molecule is COC1(C2CC3C=CC2C3)C(C)OC(OC)(C(F)(F)F)C1(F)F. The van der Waals surface area contributed by atoms with E-state index in [2.05, 4.69) is 4.74 Å². The van der Waals surface area contributed by atoms with E-state index >= 15 is 8.78 Å². The maximum absolute atomic E-state index is 15.2. The number of alkyl halides is 5. The molecular weight excluding hydrogens is 323 g/mol. The van der Waals surface area contributed by atoms with Crippen molar-refractivity contribution < 1.29 is 36.2 Å². The van der Waals surface area contributed by atoms with Crippen LogP contribution >= 0.6 is 0 Å². The Labute approximate surface area is 130 Å². The molecular formula is C15H19F5O3. The average molecular weight is 342 g/mol. The van der Waals surface area contributed by atoms with Crippen LogP contribution in [0.3, 0.4) is 0 Å². The fourth-order valence-electron chi connectivity index (χ4n) is 4.71. The minimum Gasteiger partial charge on any atom is -0.369 e. The van der Waals surface area contributed by atoms with Gasteiger partial charge in [0.1, 0.15) is 0 Å². The van der Waals surface area contributed by atoms with Gasteiger partial charge in [0.05, 0.1) is 6.10 Å². The lowest BCUT2D eigenvalue weighted by Crippen LogP contribution is -2.67. The summed E-state index contributed by atoms with van der Waals surface area (Å²) in [4.78, 5) is 0. The summed E-state index contributed by atoms with van der Waals surface area (Å²) in [6.07, 6.45) is -2.13. The summed E-state index contributed by atoms with van der Waals surface area (Å²) in [5.41, 5.74) is -2.39. The predicted octanol–water partition coefficient (Wildman–Crippen LogP) is 3.54. The second-order valence-electron chi connectivity index (χ2n) is 6.54. The van der Waals surface area contributed by atoms with Crippen LogP contribution < -0.4 is 0 Å². The largest absolute Gasteiger partial charge is 0.450 e. The number of hydrogen-bond donors (Lipinski definition) is 0. The van der Waals surface area contributed by atoms with Gasteiger partial charge in [0, 0.05) is 20.1 Å². The molecule has 2 aliphatic carbocycles. The lowest BCUT2D eigenvalue weighted by atomic mass is 9.71. The molecule has 132 valence electrons. The van der Waals surface area contributed by atoms with Crippen molar-refractivity contribution in [1.29, 1.82) is 0 Å². The molecule has 1 heterocycles. The number of allylic oxidation sites excluding steroid dienone is 2. The van der Waals surface area contributed by atoms with Crippen LogP contribution in [0.15, 0.2) is 12.2 Å². The number of ether oxygens (including phenoxy) is 3. The van der Waals surface area contributed by atoms with Crippen molar-refractivity contribution >= 4 is 0 Å². The third-order valence-electron chi connectivity index (χ3n) is 5.68. The fourth-order valence-corrected chi connectivity index (χ4v) is 4.71. The van der Waals surface area contributed by atoms with Crippen LogP contribution in [0, 0.1) is 17.8 Å². The van der Waals surface area contributed by atoms with Crippen LogP contribution in [-0.4, -0.2) is 43.8 Å². The van der Waals surface area contributed by atoms with E-state index < -0.39 is 35.5 Å². The molecule has 1 saturated carbocycles. The first kappa shape index (κ1) is 17.1. The molecule has 0 aromatic heterocycles. The van der Waals surface area contributed by atoms with E-state index in [1.807, 2.05) is 6.08 Å². The van der Waals surface area contributed by atoms with Crippen LogP contribution in [0.2, 0.25) is 0 Å². The highest BCUT2D eigenvalue weighted by molar-refractivity contribution is 5.24. The van der Waals surface area contributed by atoms with Gasteiger partial charge in [0.25, 0.3) is 0 Å². The Morgan fingerprint density at radius 1 is 1.09 bits per heavy atom. The molecule has 23 heavy (non-hydrogen) atoms. The third-order valence-corrected chi connectivity index (χ3v) is 5.68. The molecule has 1 aliphatic heterocycles. The predicted molar refractivity (Wildman–Crippen MR) is 69.9 cm³/mol. The molecule has 0 amide bonds. The van der Waals surface area contributed by atoms with Crippen molar-refractivity contribution in [1.82, 2.24) is 0 Å². The second kappa shape index (κ2) is 4.89. The number of halogens is 5. The first-order valence-corrected chi connectivity index (χ1v) is 7.48. The Balaban J connectivity index is 2.12. The van der Waals surface area contributed by atoms with E-state index in [4.69, 9.17) is 9.47 Å². The Kier molecular flexibility index (Phi) is 3.64. The average Bonchev–Trinajstić information content (AvgIpc) is 3.10. The van der Waals surface area contributed by atoms with Crippen LogP contribution in [0.5, 0.6) is 0 Å². The zero-order valence-corrected chi connectivity index (χ0v) is 13.0. The summed E-state index contributed by atoms with van der Waals surface area (Å²) in [6.45, 7) is 1.19. The van der Waals surface area contributed by atoms with E-state index in [-0.39, 0.29) is 11.8 Å². The summed E-state index contributed by atoms with van der Waals surface area (Å²) in [6, 6.07) is 0. The van der Waals surface area contributed by atoms with Crippen molar-refractivity contribution in [3.63, 3.8) is 0 Å². The number of hydrogen-bond acceptors (Lipinski definition) is 3. The van der Waals surface area contributed by atoms with Gasteiger partial charge in [0.2, 0.25) is 0 Å². The molecule has 6 atom stereocenters. The molecule has 0 aromatic rings. The molecule has 2 bridgehead atoms. The van der Waals surface area contributed by atoms with E-state index in [0.717, 1.165) is 7.11 Å². The molecule has 0 radical (unpaired) electrons. The lowest BCUT2D eigenvalue weighted by Gasteiger charge is -2.44. The van der Waals surface area contributed by atoms with E-state index in [9.17, 15) is 13.2 Å². The van der Waals surface area contributed by atoms with Crippen molar-refractivity contribution in [2.75, 3.05) is 14.2 Å². The zero-order chi connectivity index (χ0) is 17.3. The van der Waals surface area contributed by atoms with Gasteiger partial charge in [-0.25, -0.2) is 0 Å². The van der Waals surface area contributed by atoms with Crippen molar-refractivity contribution in [3.8, 4) is 0 Å². The molecule has 6 unspecified atom stereocenters. The van der Waals surface area contributed by atoms with E-state index in [1.54, 1.807) is 6.08 Å². The summed E-state index contributed by atoms with van der Waals surface area (Å²) in [5, 5.41) is 0. The Bertz CT molecular complexity index is 520. The number of rotatable bonds is 3. The van der Waals surface area contributed by atoms with Gasteiger partial charge in [0.15, 0.2) is 5.60 Å². The highest BCUT2D eigenvalue weighted by Crippen LogP contribution is 2.65. The van der Waals surface area contributed by atoms with Gasteiger partial charge < -0.3 is 14.2 Å². The van der Waals surface area contributed by atoms with Crippen LogP contribution in [0.1, 0.15) is 19.8 Å². The summed E-state index contributed by atoms with van der Waals surface area (Å²) in [5.74, 6) is -9.28. The number of fused-ring (bicyclic) bond motifs is 2. The molecule has 2 fully saturated rings. The highest BCUT2D eigenvalue weighted by atomic mass is 19.4. The normalized spacial score (nSPS) is 48.3. The van der Waals surface area contributed by atoms with Gasteiger partial charge in [-0.1, -0.05) is 12.2 Å². The second-order valence-corrected chi connectivity index (χ2v) is 6.54. The van der Waals surface area contributed by atoms with E-state index in [0.29, 0.717) is 20.0 Å². The van der Waals surface area contributed by atoms with Crippen LogP contribution in [-0.2, 0) is 14.2 Å². The maximum Gasteiger partial charge on any atom is 0.450 e. The summed E-state index contributed by atoms with van der Waals surface area (Å²) >= 11 is 0. The van der Waals surface area contributed by atoms with Gasteiger partial charge in [-0.05, 0) is 31.6 Å². The monoisotopic (exact) mass is 342 g/mol. The standard InChI is InChI=1S/C15H19F5O3/c1-8-12(21-2,11-7-9-4-5-10(11)6-9)13(16,17)14(22-3,23-8)15(18,19)20/h4-5,8-11H,6-7H2,1-3H3. The highest BCUT2D eigenvalue weighted by Gasteiger charge is 2.87. The maximum atomic E-state index is 15.2. The third kappa shape index (κ3) is 1.80. The molecule has 3 nitrogen and oxygen atoms in total. The molecule has 0 aromatic carbocycles. The van der Waals surface area contributed by atoms with Gasteiger partial charge >= 0.3 is 17.9 Å². The molecule has 1 saturated heterocycles. The molecule has 3 rings (SSSR count). The summed E-state index contributed by atoms with van der Waals surface area (Å²) < 4.78 is 84.8. The van der Waals surface area contributed by atoms with Gasteiger partial charge in [-0.2, -0.15) is 22.0 Å². The quantitative estimate of drug-likeness (QED) is 0.580. The van der Waals surface area contributed by atoms with Crippen LogP contribution in [0.4, 0.5) is 22.0 Å². The number of methoxy groups -OCH3 is 2. The topological polar surface area (TPSA) is 27.7 Å². The van der Waals surface area contributed by atoms with E-state index in [1.165, 1.54) is 6.92 Å². The minimum absolute atomic E-state index is 0.100. The molecule has 0 N–H and O–H groups in total. The Hall–Kier alpha value is -0.730. The van der Waals surface area contributed by atoms with Gasteiger partial charge in [-0.3, -0.25) is 0 Å². The van der Waals surface area contributed by atoms with Gasteiger partial charge in [-0.15, -0.1) is 0 Å². The first-order valence-electron chi connectivity index (χ1n) is 7.48. The van der Waals surface area contributed by atoms with Crippen molar-refractivity contribution in [3.05, 3.63) is 12.2 Å². The lowest BCUT2D eigenvalue weighted by molar-refractivity contribution is -0.421. The van der Waals surface area contributed by atoms with Crippen LogP contribution in [0.25, 0.3) is 0 Å². The Morgan fingerprint density at radius 3 is 2.09 bits per heavy atom. The first-order chi connectivity index (χ1) is 10.6. The Morgan fingerprint density at radius 2 is 1.74 bits per heavy atom. The minimum atomic E-state index is -5.40. The smallest absolute Gasteiger partial charge is 0.369 e.